The summed E-state index contributed by atoms with van der Waals surface area (Å²) in [5, 5.41) is 3.23. The second-order valence-corrected chi connectivity index (χ2v) is 4.77. The van der Waals surface area contributed by atoms with Gasteiger partial charge in [0.25, 0.3) is 0 Å². The third-order valence-corrected chi connectivity index (χ3v) is 2.98. The van der Waals surface area contributed by atoms with Gasteiger partial charge in [-0.2, -0.15) is 0 Å². The first-order valence-electron chi connectivity index (χ1n) is 6.84. The molecule has 0 aliphatic rings. The number of nitrogens with one attached hydrogen (secondary N) is 1. The van der Waals surface area contributed by atoms with Crippen LogP contribution in [0.5, 0.6) is 0 Å². The average molecular weight is 271 g/mol. The van der Waals surface area contributed by atoms with Crippen molar-refractivity contribution in [2.24, 2.45) is 0 Å². The lowest BCUT2D eigenvalue weighted by atomic mass is 10.3. The molecule has 0 unspecified atom stereocenters. The van der Waals surface area contributed by atoms with Crippen molar-refractivity contribution in [3.63, 3.8) is 0 Å². The number of anilines is 1. The highest BCUT2D eigenvalue weighted by Gasteiger charge is 2.05. The summed E-state index contributed by atoms with van der Waals surface area (Å²) in [6.07, 6.45) is 3.63. The van der Waals surface area contributed by atoms with E-state index in [2.05, 4.69) is 27.2 Å². The summed E-state index contributed by atoms with van der Waals surface area (Å²) in [6.45, 7) is 6.49. The fourth-order valence-electron chi connectivity index (χ4n) is 1.90. The van der Waals surface area contributed by atoms with Crippen molar-refractivity contribution in [2.45, 2.75) is 26.9 Å². The summed E-state index contributed by atoms with van der Waals surface area (Å²) in [5.41, 5.74) is 3.02. The van der Waals surface area contributed by atoms with Crippen LogP contribution in [0.4, 0.5) is 5.82 Å². The van der Waals surface area contributed by atoms with E-state index in [0.29, 0.717) is 0 Å². The van der Waals surface area contributed by atoms with E-state index >= 15 is 0 Å². The molecule has 1 N–H and O–H groups in total. The molecule has 2 aromatic rings. The van der Waals surface area contributed by atoms with Crippen molar-refractivity contribution in [1.29, 1.82) is 0 Å². The Kier molecular flexibility index (Phi) is 5.01. The minimum atomic E-state index is 0.725. The number of rotatable bonds is 6. The second kappa shape index (κ2) is 6.96. The van der Waals surface area contributed by atoms with Crippen LogP contribution >= 0.6 is 0 Å². The summed E-state index contributed by atoms with van der Waals surface area (Å²) in [5.74, 6) is 0.855. The maximum absolute atomic E-state index is 4.50. The van der Waals surface area contributed by atoms with Gasteiger partial charge in [-0.15, -0.1) is 0 Å². The molecule has 0 atom stereocenters. The van der Waals surface area contributed by atoms with Crippen molar-refractivity contribution >= 4 is 5.82 Å². The zero-order valence-corrected chi connectivity index (χ0v) is 12.3. The first-order chi connectivity index (χ1) is 9.69. The fraction of sp³-hybridized carbons (Fsp3) is 0.400. The average Bonchev–Trinajstić information content (AvgIpc) is 2.45. The molecule has 0 amide bonds. The number of nitrogens with zero attached hydrogens (tertiary/aromatic N) is 4. The number of aryl methyl sites for hydroxylation is 1. The Hall–Kier alpha value is -2.01. The van der Waals surface area contributed by atoms with Gasteiger partial charge in [0.2, 0.25) is 0 Å². The van der Waals surface area contributed by atoms with Gasteiger partial charge in [0.15, 0.2) is 0 Å². The normalized spacial score (nSPS) is 10.6. The molecule has 2 aromatic heterocycles. The third-order valence-electron chi connectivity index (χ3n) is 2.98. The zero-order valence-electron chi connectivity index (χ0n) is 12.3. The molecule has 0 bridgehead atoms. The van der Waals surface area contributed by atoms with E-state index in [1.54, 1.807) is 0 Å². The summed E-state index contributed by atoms with van der Waals surface area (Å²) in [7, 11) is 2.00. The Balaban J connectivity index is 2.00. The number of pyridine rings is 1. The molecule has 0 saturated carbocycles. The fourth-order valence-corrected chi connectivity index (χ4v) is 1.90. The van der Waals surface area contributed by atoms with E-state index in [-0.39, 0.29) is 0 Å². The van der Waals surface area contributed by atoms with Crippen LogP contribution in [0.15, 0.2) is 30.6 Å². The van der Waals surface area contributed by atoms with Gasteiger partial charge in [0.1, 0.15) is 5.82 Å². The molecule has 0 aliphatic carbocycles. The smallest absolute Gasteiger partial charge is 0.147 e. The van der Waals surface area contributed by atoms with Crippen LogP contribution in [0.2, 0.25) is 0 Å². The van der Waals surface area contributed by atoms with Crippen LogP contribution in [0.1, 0.15) is 24.0 Å². The molecule has 2 heterocycles. The van der Waals surface area contributed by atoms with Gasteiger partial charge in [-0.3, -0.25) is 9.97 Å². The van der Waals surface area contributed by atoms with Gasteiger partial charge in [0.05, 0.1) is 30.3 Å². The second-order valence-electron chi connectivity index (χ2n) is 4.77. The topological polar surface area (TPSA) is 53.9 Å². The quantitative estimate of drug-likeness (QED) is 0.870. The van der Waals surface area contributed by atoms with E-state index in [9.17, 15) is 0 Å². The SMILES string of the molecule is CCNCc1cnc(N(C)Cc2cccc(C)n2)cn1. The summed E-state index contributed by atoms with van der Waals surface area (Å²) < 4.78 is 0. The highest BCUT2D eigenvalue weighted by Crippen LogP contribution is 2.10. The van der Waals surface area contributed by atoms with Crippen LogP contribution < -0.4 is 10.2 Å². The molecular formula is C15H21N5. The van der Waals surface area contributed by atoms with E-state index in [1.165, 1.54) is 0 Å². The first kappa shape index (κ1) is 14.4. The number of hydrogen-bond acceptors (Lipinski definition) is 5. The standard InChI is InChI=1S/C15H21N5/c1-4-16-8-14-9-18-15(10-17-14)20(3)11-13-7-5-6-12(2)19-13/h5-7,9-10,16H,4,8,11H2,1-3H3. The highest BCUT2D eigenvalue weighted by molar-refractivity contribution is 5.35. The first-order valence-corrected chi connectivity index (χ1v) is 6.84. The predicted octanol–water partition coefficient (Wildman–Crippen LogP) is 1.93. The lowest BCUT2D eigenvalue weighted by Gasteiger charge is -2.17. The van der Waals surface area contributed by atoms with Gasteiger partial charge < -0.3 is 10.2 Å². The minimum Gasteiger partial charge on any atom is -0.353 e. The van der Waals surface area contributed by atoms with Crippen molar-refractivity contribution in [3.05, 3.63) is 47.7 Å². The van der Waals surface area contributed by atoms with E-state index in [4.69, 9.17) is 0 Å². The van der Waals surface area contributed by atoms with Gasteiger partial charge in [0, 0.05) is 19.3 Å². The van der Waals surface area contributed by atoms with Gasteiger partial charge >= 0.3 is 0 Å². The molecule has 0 radical (unpaired) electrons. The van der Waals surface area contributed by atoms with Gasteiger partial charge in [-0.1, -0.05) is 13.0 Å². The summed E-state index contributed by atoms with van der Waals surface area (Å²) in [4.78, 5) is 15.4. The van der Waals surface area contributed by atoms with Gasteiger partial charge in [-0.25, -0.2) is 4.98 Å². The zero-order chi connectivity index (χ0) is 14.4. The Bertz CT molecular complexity index is 538. The van der Waals surface area contributed by atoms with Crippen LogP contribution in [-0.4, -0.2) is 28.5 Å². The molecule has 5 nitrogen and oxygen atoms in total. The molecule has 106 valence electrons. The van der Waals surface area contributed by atoms with Crippen LogP contribution in [0.25, 0.3) is 0 Å². The van der Waals surface area contributed by atoms with E-state index in [1.807, 2.05) is 49.5 Å². The summed E-state index contributed by atoms with van der Waals surface area (Å²) >= 11 is 0. The highest BCUT2D eigenvalue weighted by atomic mass is 15.2. The van der Waals surface area contributed by atoms with Crippen molar-refractivity contribution in [3.8, 4) is 0 Å². The third kappa shape index (κ3) is 3.99. The molecular weight excluding hydrogens is 250 g/mol. The molecule has 20 heavy (non-hydrogen) atoms. The van der Waals surface area contributed by atoms with Crippen molar-refractivity contribution in [1.82, 2.24) is 20.3 Å². The Morgan fingerprint density at radius 1 is 1.15 bits per heavy atom. The largest absolute Gasteiger partial charge is 0.353 e. The molecule has 0 spiro atoms. The van der Waals surface area contributed by atoms with E-state index < -0.39 is 0 Å². The maximum Gasteiger partial charge on any atom is 0.147 e. The van der Waals surface area contributed by atoms with Crippen LogP contribution in [0, 0.1) is 6.92 Å². The summed E-state index contributed by atoms with van der Waals surface area (Å²) in [6, 6.07) is 6.05. The molecule has 0 aliphatic heterocycles. The van der Waals surface area contributed by atoms with Crippen LogP contribution in [0.3, 0.4) is 0 Å². The van der Waals surface area contributed by atoms with Gasteiger partial charge in [-0.05, 0) is 25.6 Å². The van der Waals surface area contributed by atoms with Crippen molar-refractivity contribution < 1.29 is 0 Å². The molecule has 5 heteroatoms. The predicted molar refractivity (Wildman–Crippen MR) is 80.5 cm³/mol. The monoisotopic (exact) mass is 271 g/mol. The number of hydrogen-bond donors (Lipinski definition) is 1. The maximum atomic E-state index is 4.50. The Morgan fingerprint density at radius 2 is 2.00 bits per heavy atom. The molecule has 0 aromatic carbocycles. The Labute approximate surface area is 120 Å². The lowest BCUT2D eigenvalue weighted by molar-refractivity contribution is 0.705. The minimum absolute atomic E-state index is 0.725. The molecule has 0 saturated heterocycles. The number of aromatic nitrogens is 3. The van der Waals surface area contributed by atoms with Crippen LogP contribution in [-0.2, 0) is 13.1 Å². The Morgan fingerprint density at radius 3 is 2.65 bits per heavy atom. The van der Waals surface area contributed by atoms with Crippen molar-refractivity contribution in [2.75, 3.05) is 18.5 Å². The molecule has 2 rings (SSSR count). The van der Waals surface area contributed by atoms with E-state index in [0.717, 1.165) is 42.5 Å². The lowest BCUT2D eigenvalue weighted by Crippen LogP contribution is -2.19. The molecule has 0 fully saturated rings.